The number of urea groups is 1. The van der Waals surface area contributed by atoms with Crippen molar-refractivity contribution < 1.29 is 9.90 Å². The zero-order chi connectivity index (χ0) is 18.0. The van der Waals surface area contributed by atoms with E-state index in [0.717, 1.165) is 36.9 Å². The van der Waals surface area contributed by atoms with Gasteiger partial charge in [-0.15, -0.1) is 0 Å². The molecule has 3 rings (SSSR count). The van der Waals surface area contributed by atoms with E-state index in [1.807, 2.05) is 18.7 Å². The van der Waals surface area contributed by atoms with E-state index >= 15 is 0 Å². The molecule has 5 nitrogen and oxygen atoms in total. The van der Waals surface area contributed by atoms with Crippen molar-refractivity contribution in [1.29, 1.82) is 0 Å². The predicted octanol–water partition coefficient (Wildman–Crippen LogP) is 2.79. The molecule has 2 amide bonds. The molecule has 0 spiro atoms. The molecule has 138 valence electrons. The second kappa shape index (κ2) is 8.06. The molecule has 6 heteroatoms. The molecule has 0 aromatic heterocycles. The van der Waals surface area contributed by atoms with Crippen LogP contribution in [0.5, 0.6) is 0 Å². The molecule has 2 saturated heterocycles. The van der Waals surface area contributed by atoms with Crippen LogP contribution in [0, 0.1) is 0 Å². The second-order valence-corrected chi connectivity index (χ2v) is 8.31. The van der Waals surface area contributed by atoms with E-state index in [-0.39, 0.29) is 36.7 Å². The largest absolute Gasteiger partial charge is 0.395 e. The van der Waals surface area contributed by atoms with Gasteiger partial charge in [-0.3, -0.25) is 4.90 Å². The minimum Gasteiger partial charge on any atom is -0.395 e. The summed E-state index contributed by atoms with van der Waals surface area (Å²) in [6.45, 7) is 6.67. The molecule has 2 heterocycles. The van der Waals surface area contributed by atoms with Gasteiger partial charge in [0.05, 0.1) is 6.61 Å². The number of carbonyl (C=O) groups is 1. The first kappa shape index (κ1) is 18.7. The Kier molecular flexibility index (Phi) is 6.02. The number of carbonyl (C=O) groups excluding carboxylic acids is 1. The first-order valence-corrected chi connectivity index (χ1v) is 9.98. The molecule has 25 heavy (non-hydrogen) atoms. The van der Waals surface area contributed by atoms with Crippen LogP contribution < -0.4 is 5.32 Å². The minimum atomic E-state index is 0.0267. The summed E-state index contributed by atoms with van der Waals surface area (Å²) in [6.07, 6.45) is 2.07. The van der Waals surface area contributed by atoms with Gasteiger partial charge < -0.3 is 15.3 Å². The molecule has 0 saturated carbocycles. The summed E-state index contributed by atoms with van der Waals surface area (Å²) in [6, 6.07) is 8.97. The second-order valence-electron chi connectivity index (χ2n) is 7.39. The van der Waals surface area contributed by atoms with E-state index in [9.17, 15) is 9.90 Å². The summed E-state index contributed by atoms with van der Waals surface area (Å²) in [5.74, 6) is 0.269. The number of amides is 2. The molecular weight excluding hydrogens is 382 g/mol. The molecular formula is C19H28BrN3O2. The summed E-state index contributed by atoms with van der Waals surface area (Å²) in [5, 5.41) is 12.9. The summed E-state index contributed by atoms with van der Waals surface area (Å²) < 4.78 is 1.06. The average molecular weight is 410 g/mol. The fraction of sp³-hybridized carbons (Fsp3) is 0.632. The van der Waals surface area contributed by atoms with Crippen LogP contribution in [-0.4, -0.2) is 65.3 Å². The smallest absolute Gasteiger partial charge is 0.317 e. The third-order valence-corrected chi connectivity index (χ3v) is 5.85. The van der Waals surface area contributed by atoms with Crippen molar-refractivity contribution in [2.24, 2.45) is 0 Å². The molecule has 1 aromatic rings. The van der Waals surface area contributed by atoms with Crippen LogP contribution in [0.15, 0.2) is 28.7 Å². The Morgan fingerprint density at radius 1 is 1.28 bits per heavy atom. The van der Waals surface area contributed by atoms with E-state index < -0.39 is 0 Å². The number of aliphatic hydroxyl groups excluding tert-OH is 1. The van der Waals surface area contributed by atoms with Crippen molar-refractivity contribution in [3.8, 4) is 0 Å². The number of rotatable bonds is 3. The molecule has 2 aliphatic heterocycles. The number of nitrogens with one attached hydrogen (secondary N) is 1. The normalized spacial score (nSPS) is 27.2. The number of fused-ring (bicyclic) bond motifs is 1. The molecule has 1 aromatic carbocycles. The van der Waals surface area contributed by atoms with Crippen LogP contribution >= 0.6 is 15.9 Å². The van der Waals surface area contributed by atoms with Crippen molar-refractivity contribution in [1.82, 2.24) is 15.1 Å². The number of aliphatic hydroxyl groups is 1. The van der Waals surface area contributed by atoms with E-state index in [1.54, 1.807) is 0 Å². The van der Waals surface area contributed by atoms with Crippen molar-refractivity contribution in [2.75, 3.05) is 26.2 Å². The third-order valence-electron chi connectivity index (χ3n) is 5.32. The quantitative estimate of drug-likeness (QED) is 0.806. The van der Waals surface area contributed by atoms with Gasteiger partial charge in [0.15, 0.2) is 0 Å². The maximum absolute atomic E-state index is 12.5. The lowest BCUT2D eigenvalue weighted by Crippen LogP contribution is -2.68. The van der Waals surface area contributed by atoms with Crippen LogP contribution in [-0.2, 0) is 0 Å². The van der Waals surface area contributed by atoms with E-state index in [0.29, 0.717) is 0 Å². The van der Waals surface area contributed by atoms with E-state index in [1.165, 1.54) is 5.56 Å². The van der Waals surface area contributed by atoms with Gasteiger partial charge in [0.2, 0.25) is 0 Å². The fourth-order valence-electron chi connectivity index (χ4n) is 4.15. The van der Waals surface area contributed by atoms with Crippen LogP contribution in [0.3, 0.4) is 0 Å². The summed E-state index contributed by atoms with van der Waals surface area (Å²) >= 11 is 3.49. The molecule has 2 fully saturated rings. The SMILES string of the molecule is CC(C)NC(=O)N1CCCCN2[C@H](C1)[C@@H](c1ccc(Br)cc1)[C@@H]2CO. The molecule has 3 atom stereocenters. The standard InChI is InChI=1S/C19H28BrN3O2/c1-13(2)21-19(25)22-9-3-4-10-23-16(11-22)18(17(23)12-24)14-5-7-15(20)8-6-14/h5-8,13,16-18,24H,3-4,9-12H2,1-2H3,(H,21,25)/t16-,17+,18-/m1/s1. The molecule has 0 aliphatic carbocycles. The molecule has 0 radical (unpaired) electrons. The van der Waals surface area contributed by atoms with Crippen molar-refractivity contribution in [2.45, 2.75) is 50.7 Å². The van der Waals surface area contributed by atoms with Crippen LogP contribution in [0.4, 0.5) is 4.79 Å². The van der Waals surface area contributed by atoms with Crippen LogP contribution in [0.25, 0.3) is 0 Å². The lowest BCUT2D eigenvalue weighted by Gasteiger charge is -2.57. The van der Waals surface area contributed by atoms with E-state index in [2.05, 4.69) is 50.4 Å². The van der Waals surface area contributed by atoms with Gasteiger partial charge in [0.25, 0.3) is 0 Å². The molecule has 2 aliphatic rings. The summed E-state index contributed by atoms with van der Waals surface area (Å²) in [5.41, 5.74) is 1.24. The Hall–Kier alpha value is -1.11. The summed E-state index contributed by atoms with van der Waals surface area (Å²) in [7, 11) is 0. The Bertz CT molecular complexity index is 593. The van der Waals surface area contributed by atoms with Gasteiger partial charge in [-0.2, -0.15) is 0 Å². The maximum Gasteiger partial charge on any atom is 0.317 e. The predicted molar refractivity (Wildman–Crippen MR) is 103 cm³/mol. The van der Waals surface area contributed by atoms with Gasteiger partial charge >= 0.3 is 6.03 Å². The third kappa shape index (κ3) is 4.01. The van der Waals surface area contributed by atoms with Crippen molar-refractivity contribution in [3.05, 3.63) is 34.3 Å². The number of halogens is 1. The number of nitrogens with zero attached hydrogens (tertiary/aromatic N) is 2. The Morgan fingerprint density at radius 2 is 1.96 bits per heavy atom. The fourth-order valence-corrected chi connectivity index (χ4v) is 4.41. The monoisotopic (exact) mass is 409 g/mol. The molecule has 0 bridgehead atoms. The van der Waals surface area contributed by atoms with Gasteiger partial charge in [0.1, 0.15) is 0 Å². The van der Waals surface area contributed by atoms with Crippen LogP contribution in [0.1, 0.15) is 38.2 Å². The molecule has 0 unspecified atom stereocenters. The van der Waals surface area contributed by atoms with Crippen molar-refractivity contribution >= 4 is 22.0 Å². The van der Waals surface area contributed by atoms with Gasteiger partial charge in [0, 0.05) is 41.6 Å². The lowest BCUT2D eigenvalue weighted by molar-refractivity contribution is -0.0591. The zero-order valence-electron chi connectivity index (χ0n) is 15.0. The minimum absolute atomic E-state index is 0.0267. The Balaban J connectivity index is 1.80. The van der Waals surface area contributed by atoms with Crippen molar-refractivity contribution in [3.63, 3.8) is 0 Å². The first-order valence-electron chi connectivity index (χ1n) is 9.18. The lowest BCUT2D eigenvalue weighted by atomic mass is 9.74. The first-order chi connectivity index (χ1) is 12.0. The zero-order valence-corrected chi connectivity index (χ0v) is 16.6. The Morgan fingerprint density at radius 3 is 2.60 bits per heavy atom. The number of hydrogen-bond donors (Lipinski definition) is 2. The highest BCUT2D eigenvalue weighted by Crippen LogP contribution is 2.42. The van der Waals surface area contributed by atoms with Gasteiger partial charge in [-0.1, -0.05) is 28.1 Å². The summed E-state index contributed by atoms with van der Waals surface area (Å²) in [4.78, 5) is 16.9. The van der Waals surface area contributed by atoms with Gasteiger partial charge in [-0.25, -0.2) is 4.79 Å². The van der Waals surface area contributed by atoms with Crippen LogP contribution in [0.2, 0.25) is 0 Å². The molecule has 2 N–H and O–H groups in total. The van der Waals surface area contributed by atoms with E-state index in [4.69, 9.17) is 0 Å². The average Bonchev–Trinajstić information content (AvgIpc) is 2.54. The highest BCUT2D eigenvalue weighted by molar-refractivity contribution is 9.10. The van der Waals surface area contributed by atoms with Gasteiger partial charge in [-0.05, 0) is 50.9 Å². The Labute approximate surface area is 158 Å². The highest BCUT2D eigenvalue weighted by Gasteiger charge is 2.49. The maximum atomic E-state index is 12.5. The number of benzene rings is 1. The number of hydrogen-bond acceptors (Lipinski definition) is 3. The highest BCUT2D eigenvalue weighted by atomic mass is 79.9. The topological polar surface area (TPSA) is 55.8 Å².